The quantitative estimate of drug-likeness (QED) is 0.918. The lowest BCUT2D eigenvalue weighted by atomic mass is 9.68. The van der Waals surface area contributed by atoms with Crippen LogP contribution in [0.4, 0.5) is 0 Å². The lowest BCUT2D eigenvalue weighted by Crippen LogP contribution is -2.45. The topological polar surface area (TPSA) is 66.0 Å². The fourth-order valence-corrected chi connectivity index (χ4v) is 3.09. The Morgan fingerprint density at radius 3 is 2.50 bits per heavy atom. The largest absolute Gasteiger partial charge is 0.366 e. The molecule has 0 aliphatic heterocycles. The van der Waals surface area contributed by atoms with Gasteiger partial charge >= 0.3 is 0 Å². The Morgan fingerprint density at radius 1 is 1.40 bits per heavy atom. The van der Waals surface area contributed by atoms with E-state index in [0.717, 1.165) is 24.6 Å². The van der Waals surface area contributed by atoms with Crippen molar-refractivity contribution in [2.75, 3.05) is 6.54 Å². The van der Waals surface area contributed by atoms with Gasteiger partial charge in [0.1, 0.15) is 12.9 Å². The third-order valence-corrected chi connectivity index (χ3v) is 4.81. The first-order chi connectivity index (χ1) is 9.36. The van der Waals surface area contributed by atoms with Crippen LogP contribution >= 0.6 is 0 Å². The minimum atomic E-state index is -0.173. The Hall–Kier alpha value is -0.940. The van der Waals surface area contributed by atoms with Crippen molar-refractivity contribution in [2.24, 2.45) is 24.1 Å². The maximum atomic E-state index is 6.16. The summed E-state index contributed by atoms with van der Waals surface area (Å²) in [5.41, 5.74) is 6.21. The lowest BCUT2D eigenvalue weighted by Gasteiger charge is -2.43. The van der Waals surface area contributed by atoms with Crippen molar-refractivity contribution in [3.63, 3.8) is 0 Å². The van der Waals surface area contributed by atoms with Crippen molar-refractivity contribution in [3.8, 4) is 0 Å². The molecular formula is C15H28N4O. The molecule has 1 aliphatic rings. The van der Waals surface area contributed by atoms with Gasteiger partial charge in [0.25, 0.3) is 0 Å². The molecule has 1 aromatic heterocycles. The van der Waals surface area contributed by atoms with Crippen LogP contribution in [0.5, 0.6) is 0 Å². The maximum absolute atomic E-state index is 6.16. The van der Waals surface area contributed by atoms with E-state index < -0.39 is 0 Å². The van der Waals surface area contributed by atoms with Crippen molar-refractivity contribution >= 4 is 0 Å². The Kier molecular flexibility index (Phi) is 4.49. The number of aryl methyl sites for hydroxylation is 1. The van der Waals surface area contributed by atoms with Crippen molar-refractivity contribution in [1.29, 1.82) is 0 Å². The van der Waals surface area contributed by atoms with E-state index in [1.807, 2.05) is 7.05 Å². The number of nitrogens with two attached hydrogens (primary N) is 1. The number of hydrogen-bond donors (Lipinski definition) is 1. The fraction of sp³-hybridized carbons (Fsp3) is 0.867. The Balaban J connectivity index is 1.93. The molecule has 0 spiro atoms. The van der Waals surface area contributed by atoms with Crippen LogP contribution in [0.2, 0.25) is 0 Å². The Morgan fingerprint density at radius 2 is 2.05 bits per heavy atom. The third kappa shape index (κ3) is 3.38. The zero-order valence-electron chi connectivity index (χ0n) is 13.2. The molecule has 0 bridgehead atoms. The monoisotopic (exact) mass is 280 g/mol. The SMILES string of the molecule is Cn1ncnc1COC1(CN)CCC(C(C)(C)C)CC1. The molecule has 5 nitrogen and oxygen atoms in total. The van der Waals surface area contributed by atoms with Crippen LogP contribution in [0.1, 0.15) is 52.3 Å². The first-order valence-electron chi connectivity index (χ1n) is 7.53. The van der Waals surface area contributed by atoms with Crippen molar-refractivity contribution in [2.45, 2.75) is 58.7 Å². The zero-order chi connectivity index (χ0) is 14.8. The summed E-state index contributed by atoms with van der Waals surface area (Å²) in [7, 11) is 1.89. The molecule has 1 aliphatic carbocycles. The molecule has 0 aromatic carbocycles. The van der Waals surface area contributed by atoms with Crippen LogP contribution in [0, 0.1) is 11.3 Å². The molecule has 0 radical (unpaired) electrons. The van der Waals surface area contributed by atoms with Gasteiger partial charge in [-0.2, -0.15) is 5.10 Å². The van der Waals surface area contributed by atoms with Crippen LogP contribution in [-0.4, -0.2) is 26.9 Å². The Labute approximate surface area is 121 Å². The summed E-state index contributed by atoms with van der Waals surface area (Å²) in [6.45, 7) is 8.06. The molecule has 1 fully saturated rings. The first kappa shape index (κ1) is 15.4. The van der Waals surface area contributed by atoms with Crippen molar-refractivity contribution in [1.82, 2.24) is 14.8 Å². The number of aromatic nitrogens is 3. The van der Waals surface area contributed by atoms with E-state index in [0.29, 0.717) is 18.6 Å². The molecule has 1 heterocycles. The number of hydrogen-bond acceptors (Lipinski definition) is 4. The van der Waals surface area contributed by atoms with Crippen molar-refractivity contribution in [3.05, 3.63) is 12.2 Å². The van der Waals surface area contributed by atoms with Gasteiger partial charge in [0, 0.05) is 13.6 Å². The first-order valence-corrected chi connectivity index (χ1v) is 7.53. The highest BCUT2D eigenvalue weighted by Gasteiger charge is 2.38. The van der Waals surface area contributed by atoms with E-state index >= 15 is 0 Å². The van der Waals surface area contributed by atoms with Crippen molar-refractivity contribution < 1.29 is 4.74 Å². The summed E-state index contributed by atoms with van der Waals surface area (Å²) in [6.07, 6.45) is 6.04. The van der Waals surface area contributed by atoms with Crippen LogP contribution in [0.3, 0.4) is 0 Å². The minimum absolute atomic E-state index is 0.173. The van der Waals surface area contributed by atoms with Gasteiger partial charge in [-0.15, -0.1) is 0 Å². The van der Waals surface area contributed by atoms with Gasteiger partial charge in [0.05, 0.1) is 5.60 Å². The van der Waals surface area contributed by atoms with Gasteiger partial charge in [-0.1, -0.05) is 20.8 Å². The molecule has 1 aromatic rings. The molecule has 2 N–H and O–H groups in total. The Bertz CT molecular complexity index is 427. The highest BCUT2D eigenvalue weighted by Crippen LogP contribution is 2.42. The molecule has 0 atom stereocenters. The normalized spacial score (nSPS) is 27.8. The fourth-order valence-electron chi connectivity index (χ4n) is 3.09. The molecule has 1 saturated carbocycles. The third-order valence-electron chi connectivity index (χ3n) is 4.81. The van der Waals surface area contributed by atoms with E-state index in [4.69, 9.17) is 10.5 Å². The summed E-state index contributed by atoms with van der Waals surface area (Å²) >= 11 is 0. The van der Waals surface area contributed by atoms with Crippen LogP contribution < -0.4 is 5.73 Å². The van der Waals surface area contributed by atoms with Crippen LogP contribution in [0.25, 0.3) is 0 Å². The van der Waals surface area contributed by atoms with Gasteiger partial charge in [-0.3, -0.25) is 4.68 Å². The van der Waals surface area contributed by atoms with Gasteiger partial charge in [-0.25, -0.2) is 4.98 Å². The summed E-state index contributed by atoms with van der Waals surface area (Å²) < 4.78 is 7.91. The van der Waals surface area contributed by atoms with Gasteiger partial charge < -0.3 is 10.5 Å². The molecule has 0 amide bonds. The predicted molar refractivity (Wildman–Crippen MR) is 79.0 cm³/mol. The number of nitrogens with zero attached hydrogens (tertiary/aromatic N) is 3. The smallest absolute Gasteiger partial charge is 0.152 e. The second-order valence-corrected chi connectivity index (χ2v) is 7.12. The number of rotatable bonds is 4. The summed E-state index contributed by atoms with van der Waals surface area (Å²) in [6, 6.07) is 0. The molecule has 0 saturated heterocycles. The van der Waals surface area contributed by atoms with E-state index in [-0.39, 0.29) is 5.60 Å². The summed E-state index contributed by atoms with van der Waals surface area (Å²) in [5, 5.41) is 4.07. The molecular weight excluding hydrogens is 252 g/mol. The average Bonchev–Trinajstić information content (AvgIpc) is 2.81. The maximum Gasteiger partial charge on any atom is 0.152 e. The van der Waals surface area contributed by atoms with Gasteiger partial charge in [-0.05, 0) is 37.0 Å². The van der Waals surface area contributed by atoms with Gasteiger partial charge in [0.15, 0.2) is 5.82 Å². The highest BCUT2D eigenvalue weighted by atomic mass is 16.5. The number of ether oxygens (including phenoxy) is 1. The van der Waals surface area contributed by atoms with Gasteiger partial charge in [0.2, 0.25) is 0 Å². The van der Waals surface area contributed by atoms with E-state index in [2.05, 4.69) is 30.9 Å². The molecule has 20 heavy (non-hydrogen) atoms. The lowest BCUT2D eigenvalue weighted by molar-refractivity contribution is -0.0915. The standard InChI is InChI=1S/C15H28N4O/c1-14(2,3)12-5-7-15(10-16,8-6-12)20-9-13-17-11-18-19(13)4/h11-12H,5-10,16H2,1-4H3. The second kappa shape index (κ2) is 5.82. The molecule has 114 valence electrons. The average molecular weight is 280 g/mol. The minimum Gasteiger partial charge on any atom is -0.366 e. The van der Waals surface area contributed by atoms with E-state index in [1.54, 1.807) is 11.0 Å². The second-order valence-electron chi connectivity index (χ2n) is 7.12. The highest BCUT2D eigenvalue weighted by molar-refractivity contribution is 4.92. The summed E-state index contributed by atoms with van der Waals surface area (Å²) in [4.78, 5) is 4.21. The predicted octanol–water partition coefficient (Wildman–Crippen LogP) is 2.27. The zero-order valence-corrected chi connectivity index (χ0v) is 13.2. The molecule has 0 unspecified atom stereocenters. The molecule has 5 heteroatoms. The summed E-state index contributed by atoms with van der Waals surface area (Å²) in [5.74, 6) is 1.62. The van der Waals surface area contributed by atoms with Crippen LogP contribution in [0.15, 0.2) is 6.33 Å². The van der Waals surface area contributed by atoms with E-state index in [1.165, 1.54) is 12.8 Å². The molecule has 2 rings (SSSR count). The van der Waals surface area contributed by atoms with E-state index in [9.17, 15) is 0 Å². The van der Waals surface area contributed by atoms with Crippen LogP contribution in [-0.2, 0) is 18.4 Å².